The number of amides is 1. The molecule has 2 aliphatic heterocycles. The molecule has 2 aliphatic rings. The Kier molecular flexibility index (Phi) is 8.56. The first-order valence-electron chi connectivity index (χ1n) is 10.5. The van der Waals surface area contributed by atoms with Gasteiger partial charge in [-0.1, -0.05) is 0 Å². The lowest BCUT2D eigenvalue weighted by atomic mass is 9.93. The van der Waals surface area contributed by atoms with Crippen molar-refractivity contribution in [3.63, 3.8) is 0 Å². The second-order valence-corrected chi connectivity index (χ2v) is 7.49. The van der Waals surface area contributed by atoms with E-state index in [2.05, 4.69) is 10.2 Å². The van der Waals surface area contributed by atoms with E-state index >= 15 is 0 Å². The monoisotopic (exact) mass is 424 g/mol. The third-order valence-electron chi connectivity index (χ3n) is 5.44. The van der Waals surface area contributed by atoms with Crippen molar-refractivity contribution in [2.75, 3.05) is 66.3 Å². The lowest BCUT2D eigenvalue weighted by Gasteiger charge is -2.35. The maximum atomic E-state index is 12.8. The van der Waals surface area contributed by atoms with Crippen molar-refractivity contribution >= 4 is 5.91 Å². The highest BCUT2D eigenvalue weighted by Crippen LogP contribution is 2.41. The standard InChI is InChI=1S/C21H32N2O7/c1-27-18-4-3-16(19-20(18)30-10-2-9-29-19)21(26)22-13-15-5-6-23(14-17(15)25)7-11-28-12-8-24/h3-4,15,17,24-25H,2,5-14H2,1H3,(H,22,26)/t15-,17+/m0/s1. The number of aliphatic hydroxyl groups is 2. The first-order valence-corrected chi connectivity index (χ1v) is 10.5. The van der Waals surface area contributed by atoms with Crippen LogP contribution in [0.3, 0.4) is 0 Å². The van der Waals surface area contributed by atoms with Gasteiger partial charge in [-0.3, -0.25) is 9.69 Å². The Labute approximate surface area is 176 Å². The van der Waals surface area contributed by atoms with Crippen LogP contribution in [0.5, 0.6) is 17.2 Å². The number of ether oxygens (including phenoxy) is 4. The Morgan fingerprint density at radius 2 is 2.07 bits per heavy atom. The van der Waals surface area contributed by atoms with Gasteiger partial charge in [-0.15, -0.1) is 0 Å². The fourth-order valence-electron chi connectivity index (χ4n) is 3.74. The van der Waals surface area contributed by atoms with Crippen LogP contribution < -0.4 is 19.5 Å². The smallest absolute Gasteiger partial charge is 0.255 e. The third-order valence-corrected chi connectivity index (χ3v) is 5.44. The fourth-order valence-corrected chi connectivity index (χ4v) is 3.74. The van der Waals surface area contributed by atoms with Crippen molar-refractivity contribution in [1.29, 1.82) is 0 Å². The van der Waals surface area contributed by atoms with Crippen LogP contribution in [0.25, 0.3) is 0 Å². The molecule has 0 aromatic heterocycles. The van der Waals surface area contributed by atoms with Gasteiger partial charge >= 0.3 is 0 Å². The summed E-state index contributed by atoms with van der Waals surface area (Å²) in [6, 6.07) is 3.38. The lowest BCUT2D eigenvalue weighted by molar-refractivity contribution is 0.00568. The first kappa shape index (κ1) is 22.6. The van der Waals surface area contributed by atoms with Crippen LogP contribution in [0.15, 0.2) is 12.1 Å². The number of hydrogen-bond donors (Lipinski definition) is 3. The van der Waals surface area contributed by atoms with Crippen LogP contribution in [0.4, 0.5) is 0 Å². The predicted molar refractivity (Wildman–Crippen MR) is 109 cm³/mol. The molecule has 0 saturated carbocycles. The number of methoxy groups -OCH3 is 1. The zero-order chi connectivity index (χ0) is 21.3. The van der Waals surface area contributed by atoms with E-state index in [0.717, 1.165) is 19.4 Å². The van der Waals surface area contributed by atoms with Crippen LogP contribution >= 0.6 is 0 Å². The molecule has 0 aliphatic carbocycles. The average molecular weight is 424 g/mol. The van der Waals surface area contributed by atoms with Gasteiger partial charge in [0.2, 0.25) is 5.75 Å². The van der Waals surface area contributed by atoms with Crippen LogP contribution in [0.1, 0.15) is 23.2 Å². The molecule has 1 aromatic rings. The number of rotatable bonds is 9. The molecule has 1 saturated heterocycles. The second kappa shape index (κ2) is 11.4. The number of nitrogens with one attached hydrogen (secondary N) is 1. The second-order valence-electron chi connectivity index (χ2n) is 7.49. The van der Waals surface area contributed by atoms with Crippen LogP contribution in [0, 0.1) is 5.92 Å². The molecular weight excluding hydrogens is 392 g/mol. The van der Waals surface area contributed by atoms with E-state index < -0.39 is 6.10 Å². The van der Waals surface area contributed by atoms with Crippen LogP contribution in [0.2, 0.25) is 0 Å². The van der Waals surface area contributed by atoms with Gasteiger partial charge in [0.15, 0.2) is 11.5 Å². The molecule has 2 atom stereocenters. The molecule has 1 aromatic carbocycles. The lowest BCUT2D eigenvalue weighted by Crippen LogP contribution is -2.48. The minimum absolute atomic E-state index is 0.0129. The van der Waals surface area contributed by atoms with Crippen LogP contribution in [-0.4, -0.2) is 93.4 Å². The Bertz CT molecular complexity index is 700. The summed E-state index contributed by atoms with van der Waals surface area (Å²) in [4.78, 5) is 15.0. The number of nitrogens with zero attached hydrogens (tertiary/aromatic N) is 1. The topological polar surface area (TPSA) is 110 Å². The zero-order valence-corrected chi connectivity index (χ0v) is 17.5. The van der Waals surface area contributed by atoms with Crippen molar-refractivity contribution < 1.29 is 34.0 Å². The molecule has 168 valence electrons. The Balaban J connectivity index is 1.54. The Hall–Kier alpha value is -2.07. The number of benzene rings is 1. The summed E-state index contributed by atoms with van der Waals surface area (Å²) in [6.07, 6.45) is 0.987. The number of carbonyl (C=O) groups excluding carboxylic acids is 1. The molecule has 9 heteroatoms. The highest BCUT2D eigenvalue weighted by Gasteiger charge is 2.29. The van der Waals surface area contributed by atoms with E-state index in [1.165, 1.54) is 0 Å². The van der Waals surface area contributed by atoms with Crippen molar-refractivity contribution in [1.82, 2.24) is 10.2 Å². The number of fused-ring (bicyclic) bond motifs is 1. The Morgan fingerprint density at radius 3 is 2.80 bits per heavy atom. The minimum Gasteiger partial charge on any atom is -0.493 e. The molecule has 1 fully saturated rings. The highest BCUT2D eigenvalue weighted by molar-refractivity contribution is 5.98. The minimum atomic E-state index is -0.524. The van der Waals surface area contributed by atoms with Gasteiger partial charge in [0.1, 0.15) is 0 Å². The third kappa shape index (κ3) is 5.75. The van der Waals surface area contributed by atoms with E-state index in [1.54, 1.807) is 19.2 Å². The molecule has 2 heterocycles. The average Bonchev–Trinajstić information content (AvgIpc) is 3.01. The molecule has 3 N–H and O–H groups in total. The SMILES string of the molecule is COc1ccc(C(=O)NC[C@@H]2CCN(CCOCCO)C[C@H]2O)c2c1OCCCO2. The van der Waals surface area contributed by atoms with E-state index in [4.69, 9.17) is 24.1 Å². The van der Waals surface area contributed by atoms with Crippen molar-refractivity contribution in [2.45, 2.75) is 18.9 Å². The summed E-state index contributed by atoms with van der Waals surface area (Å²) in [5.41, 5.74) is 0.403. The maximum Gasteiger partial charge on any atom is 0.255 e. The van der Waals surface area contributed by atoms with Gasteiger partial charge < -0.3 is 34.5 Å². The van der Waals surface area contributed by atoms with E-state index in [0.29, 0.717) is 68.9 Å². The van der Waals surface area contributed by atoms with E-state index in [1.807, 2.05) is 0 Å². The van der Waals surface area contributed by atoms with Gasteiger partial charge in [-0.25, -0.2) is 0 Å². The van der Waals surface area contributed by atoms with Crippen molar-refractivity contribution in [2.24, 2.45) is 5.92 Å². The number of carbonyl (C=O) groups is 1. The molecule has 0 spiro atoms. The van der Waals surface area contributed by atoms with Crippen LogP contribution in [-0.2, 0) is 4.74 Å². The van der Waals surface area contributed by atoms with Gasteiger partial charge in [0.05, 0.1) is 51.8 Å². The molecule has 3 rings (SSSR count). The van der Waals surface area contributed by atoms with Gasteiger partial charge in [-0.05, 0) is 25.1 Å². The molecular formula is C21H32N2O7. The van der Waals surface area contributed by atoms with Crippen molar-refractivity contribution in [3.05, 3.63) is 17.7 Å². The van der Waals surface area contributed by atoms with Gasteiger partial charge in [0.25, 0.3) is 5.91 Å². The summed E-state index contributed by atoms with van der Waals surface area (Å²) in [6.45, 7) is 4.31. The largest absolute Gasteiger partial charge is 0.493 e. The number of hydrogen-bond acceptors (Lipinski definition) is 8. The van der Waals surface area contributed by atoms with Crippen molar-refractivity contribution in [3.8, 4) is 17.2 Å². The molecule has 0 radical (unpaired) electrons. The number of β-amino-alcohol motifs (C(OH)–C–C–N with tert-alkyl or cyclic N) is 1. The number of likely N-dealkylation sites (tertiary alicyclic amines) is 1. The highest BCUT2D eigenvalue weighted by atomic mass is 16.5. The van der Waals surface area contributed by atoms with Gasteiger partial charge in [0, 0.05) is 32.0 Å². The predicted octanol–water partition coefficient (Wildman–Crippen LogP) is 0.278. The first-order chi connectivity index (χ1) is 14.6. The zero-order valence-electron chi connectivity index (χ0n) is 17.5. The normalized spacial score (nSPS) is 21.7. The van der Waals surface area contributed by atoms with E-state index in [9.17, 15) is 9.90 Å². The summed E-state index contributed by atoms with van der Waals surface area (Å²) in [5, 5.41) is 22.2. The summed E-state index contributed by atoms with van der Waals surface area (Å²) in [5.74, 6) is 1.13. The molecule has 1 amide bonds. The summed E-state index contributed by atoms with van der Waals surface area (Å²) in [7, 11) is 1.55. The number of piperidine rings is 1. The van der Waals surface area contributed by atoms with E-state index in [-0.39, 0.29) is 18.4 Å². The fraction of sp³-hybridized carbons (Fsp3) is 0.667. The molecule has 30 heavy (non-hydrogen) atoms. The molecule has 0 unspecified atom stereocenters. The quantitative estimate of drug-likeness (QED) is 0.485. The summed E-state index contributed by atoms with van der Waals surface area (Å²) >= 11 is 0. The molecule has 9 nitrogen and oxygen atoms in total. The number of aliphatic hydroxyl groups excluding tert-OH is 2. The molecule has 0 bridgehead atoms. The maximum absolute atomic E-state index is 12.8. The van der Waals surface area contributed by atoms with Gasteiger partial charge in [-0.2, -0.15) is 0 Å². The summed E-state index contributed by atoms with van der Waals surface area (Å²) < 4.78 is 22.1. The Morgan fingerprint density at radius 1 is 1.27 bits per heavy atom.